The van der Waals surface area contributed by atoms with Crippen LogP contribution in [-0.2, 0) is 7.05 Å². The van der Waals surface area contributed by atoms with E-state index in [2.05, 4.69) is 26.3 Å². The van der Waals surface area contributed by atoms with Gasteiger partial charge in [0.05, 0.1) is 10.6 Å². The van der Waals surface area contributed by atoms with Gasteiger partial charge in [-0.15, -0.1) is 0 Å². The van der Waals surface area contributed by atoms with Gasteiger partial charge in [0.15, 0.2) is 0 Å². The van der Waals surface area contributed by atoms with Crippen LogP contribution in [-0.4, -0.2) is 20.6 Å². The van der Waals surface area contributed by atoms with Crippen molar-refractivity contribution in [2.75, 3.05) is 5.32 Å². The van der Waals surface area contributed by atoms with Crippen LogP contribution in [0, 0.1) is 24.0 Å². The highest BCUT2D eigenvalue weighted by Crippen LogP contribution is 2.32. The van der Waals surface area contributed by atoms with Gasteiger partial charge in [-0.1, -0.05) is 34.1 Å². The number of aromatic nitrogens is 2. The van der Waals surface area contributed by atoms with E-state index < -0.39 is 10.8 Å². The summed E-state index contributed by atoms with van der Waals surface area (Å²) in [5.74, 6) is 0.0995. The van der Waals surface area contributed by atoms with Gasteiger partial charge in [0, 0.05) is 34.3 Å². The molecule has 1 amide bonds. The first-order valence-electron chi connectivity index (χ1n) is 8.14. The van der Waals surface area contributed by atoms with Crippen molar-refractivity contribution in [1.29, 1.82) is 0 Å². The second kappa shape index (κ2) is 7.32. The molecule has 0 saturated heterocycles. The molecule has 3 rings (SSSR count). The number of rotatable bonds is 4. The Kier molecular flexibility index (Phi) is 5.09. The average Bonchev–Trinajstić information content (AvgIpc) is 2.89. The van der Waals surface area contributed by atoms with E-state index in [1.807, 2.05) is 31.2 Å². The molecule has 0 spiro atoms. The van der Waals surface area contributed by atoms with E-state index >= 15 is 0 Å². The third kappa shape index (κ3) is 3.75. The van der Waals surface area contributed by atoms with Crippen LogP contribution >= 0.6 is 15.9 Å². The topological polar surface area (TPSA) is 90.1 Å². The Morgan fingerprint density at radius 3 is 2.48 bits per heavy atom. The predicted octanol–water partition coefficient (Wildman–Crippen LogP) is 4.63. The Hall–Kier alpha value is -3.00. The van der Waals surface area contributed by atoms with Crippen molar-refractivity contribution in [1.82, 2.24) is 9.78 Å². The lowest BCUT2D eigenvalue weighted by molar-refractivity contribution is -0.385. The van der Waals surface area contributed by atoms with Crippen molar-refractivity contribution in [3.63, 3.8) is 0 Å². The number of carbonyl (C=O) groups excluding carboxylic acids is 1. The van der Waals surface area contributed by atoms with Gasteiger partial charge < -0.3 is 5.32 Å². The van der Waals surface area contributed by atoms with Crippen molar-refractivity contribution in [2.24, 2.45) is 7.05 Å². The highest BCUT2D eigenvalue weighted by atomic mass is 79.9. The van der Waals surface area contributed by atoms with E-state index in [0.717, 1.165) is 21.3 Å². The van der Waals surface area contributed by atoms with Crippen molar-refractivity contribution < 1.29 is 9.72 Å². The number of nitro benzene ring substituents is 1. The van der Waals surface area contributed by atoms with Crippen molar-refractivity contribution in [3.8, 4) is 11.1 Å². The lowest BCUT2D eigenvalue weighted by Crippen LogP contribution is -2.15. The van der Waals surface area contributed by atoms with Gasteiger partial charge in [-0.2, -0.15) is 5.10 Å². The third-order valence-corrected chi connectivity index (χ3v) is 4.78. The van der Waals surface area contributed by atoms with Crippen LogP contribution < -0.4 is 5.32 Å². The fourth-order valence-corrected chi connectivity index (χ4v) is 3.16. The number of benzene rings is 2. The number of halogens is 1. The zero-order valence-electron chi connectivity index (χ0n) is 15.0. The predicted molar refractivity (Wildman–Crippen MR) is 107 cm³/mol. The SMILES string of the molecule is Cc1ccc(C(=O)Nc2c(-c3ccc(Br)cc3)c(C)nn2C)cc1[N+](=O)[O-]. The van der Waals surface area contributed by atoms with Gasteiger partial charge in [-0.05, 0) is 37.6 Å². The number of carbonyl (C=O) groups is 1. The minimum atomic E-state index is -0.492. The fourth-order valence-electron chi connectivity index (χ4n) is 2.89. The summed E-state index contributed by atoms with van der Waals surface area (Å²) in [6.07, 6.45) is 0. The second-order valence-electron chi connectivity index (χ2n) is 6.15. The first kappa shape index (κ1) is 18.8. The summed E-state index contributed by atoms with van der Waals surface area (Å²) >= 11 is 3.41. The molecule has 3 aromatic rings. The zero-order chi connectivity index (χ0) is 19.7. The maximum absolute atomic E-state index is 12.7. The minimum absolute atomic E-state index is 0.0861. The van der Waals surface area contributed by atoms with Crippen LogP contribution in [0.1, 0.15) is 21.6 Å². The Labute approximate surface area is 164 Å². The van der Waals surface area contributed by atoms with Crippen LogP contribution in [0.25, 0.3) is 11.1 Å². The highest BCUT2D eigenvalue weighted by Gasteiger charge is 2.20. The van der Waals surface area contributed by atoms with E-state index in [4.69, 9.17) is 0 Å². The quantitative estimate of drug-likeness (QED) is 0.484. The summed E-state index contributed by atoms with van der Waals surface area (Å²) < 4.78 is 2.54. The monoisotopic (exact) mass is 428 g/mol. The molecule has 27 heavy (non-hydrogen) atoms. The largest absolute Gasteiger partial charge is 0.306 e. The summed E-state index contributed by atoms with van der Waals surface area (Å²) in [4.78, 5) is 23.4. The number of anilines is 1. The van der Waals surface area contributed by atoms with Gasteiger partial charge >= 0.3 is 0 Å². The smallest absolute Gasteiger partial charge is 0.273 e. The number of nitro groups is 1. The zero-order valence-corrected chi connectivity index (χ0v) is 16.6. The molecular formula is C19H17BrN4O3. The van der Waals surface area contributed by atoms with E-state index in [1.54, 1.807) is 30.8 Å². The average molecular weight is 429 g/mol. The molecule has 0 saturated carbocycles. The molecule has 0 atom stereocenters. The van der Waals surface area contributed by atoms with Crippen molar-refractivity contribution >= 4 is 33.3 Å². The maximum Gasteiger partial charge on any atom is 0.273 e. The molecule has 0 aliphatic carbocycles. The molecule has 1 aromatic heterocycles. The molecule has 0 unspecified atom stereocenters. The fraction of sp³-hybridized carbons (Fsp3) is 0.158. The molecular weight excluding hydrogens is 412 g/mol. The summed E-state index contributed by atoms with van der Waals surface area (Å²) in [6, 6.07) is 12.1. The van der Waals surface area contributed by atoms with Crippen LogP contribution in [0.5, 0.6) is 0 Å². The van der Waals surface area contributed by atoms with Crippen molar-refractivity contribution in [3.05, 3.63) is 73.9 Å². The van der Waals surface area contributed by atoms with E-state index in [1.165, 1.54) is 6.07 Å². The Bertz CT molecular complexity index is 1040. The Balaban J connectivity index is 1.99. The molecule has 0 fully saturated rings. The van der Waals surface area contributed by atoms with Crippen LogP contribution in [0.3, 0.4) is 0 Å². The molecule has 2 aromatic carbocycles. The first-order chi connectivity index (χ1) is 12.8. The van der Waals surface area contributed by atoms with Crippen LogP contribution in [0.2, 0.25) is 0 Å². The van der Waals surface area contributed by atoms with Crippen LogP contribution in [0.15, 0.2) is 46.9 Å². The lowest BCUT2D eigenvalue weighted by atomic mass is 10.1. The summed E-state index contributed by atoms with van der Waals surface area (Å²) in [6.45, 7) is 3.50. The maximum atomic E-state index is 12.7. The number of amides is 1. The number of nitrogens with one attached hydrogen (secondary N) is 1. The standard InChI is InChI=1S/C19H17BrN4O3/c1-11-4-5-14(10-16(11)24(26)27)19(25)21-18-17(12(2)22-23(18)3)13-6-8-15(20)9-7-13/h4-10H,1-3H3,(H,21,25). The molecule has 7 nitrogen and oxygen atoms in total. The Morgan fingerprint density at radius 1 is 1.19 bits per heavy atom. The molecule has 1 N–H and O–H groups in total. The molecule has 138 valence electrons. The first-order valence-corrected chi connectivity index (χ1v) is 8.93. The van der Waals surface area contributed by atoms with Crippen LogP contribution in [0.4, 0.5) is 11.5 Å². The summed E-state index contributed by atoms with van der Waals surface area (Å²) in [5.41, 5.74) is 3.12. The number of nitrogens with zero attached hydrogens (tertiary/aromatic N) is 3. The molecule has 1 heterocycles. The van der Waals surface area contributed by atoms with E-state index in [0.29, 0.717) is 11.4 Å². The van der Waals surface area contributed by atoms with Gasteiger partial charge in [-0.3, -0.25) is 19.6 Å². The molecule has 0 aliphatic heterocycles. The minimum Gasteiger partial charge on any atom is -0.306 e. The normalized spacial score (nSPS) is 10.7. The van der Waals surface area contributed by atoms with Gasteiger partial charge in [-0.25, -0.2) is 0 Å². The molecule has 0 aliphatic rings. The van der Waals surface area contributed by atoms with Gasteiger partial charge in [0.2, 0.25) is 0 Å². The molecule has 8 heteroatoms. The Morgan fingerprint density at radius 2 is 1.85 bits per heavy atom. The third-order valence-electron chi connectivity index (χ3n) is 4.26. The van der Waals surface area contributed by atoms with E-state index in [9.17, 15) is 14.9 Å². The second-order valence-corrected chi connectivity index (χ2v) is 7.07. The summed E-state index contributed by atoms with van der Waals surface area (Å²) in [5, 5.41) is 18.4. The van der Waals surface area contributed by atoms with Crippen molar-refractivity contribution in [2.45, 2.75) is 13.8 Å². The van der Waals surface area contributed by atoms with Gasteiger partial charge in [0.25, 0.3) is 11.6 Å². The summed E-state index contributed by atoms with van der Waals surface area (Å²) in [7, 11) is 1.74. The molecule has 0 bridgehead atoms. The lowest BCUT2D eigenvalue weighted by Gasteiger charge is -2.10. The number of aryl methyl sites for hydroxylation is 3. The molecule has 0 radical (unpaired) electrons. The number of hydrogen-bond acceptors (Lipinski definition) is 4. The number of hydrogen-bond donors (Lipinski definition) is 1. The van der Waals surface area contributed by atoms with E-state index in [-0.39, 0.29) is 11.3 Å². The van der Waals surface area contributed by atoms with Gasteiger partial charge in [0.1, 0.15) is 5.82 Å². The highest BCUT2D eigenvalue weighted by molar-refractivity contribution is 9.10.